The maximum Gasteiger partial charge on any atom is 0.226 e. The van der Waals surface area contributed by atoms with Gasteiger partial charge in [-0.1, -0.05) is 30.3 Å². The summed E-state index contributed by atoms with van der Waals surface area (Å²) in [5.41, 5.74) is 12.6. The summed E-state index contributed by atoms with van der Waals surface area (Å²) in [4.78, 5) is 14.5. The lowest BCUT2D eigenvalue weighted by Crippen LogP contribution is -2.55. The summed E-state index contributed by atoms with van der Waals surface area (Å²) in [6, 6.07) is 10.4. The fourth-order valence-corrected chi connectivity index (χ4v) is 3.18. The zero-order chi connectivity index (χ0) is 15.4. The Balaban J connectivity index is 1.57. The van der Waals surface area contributed by atoms with Gasteiger partial charge in [-0.25, -0.2) is 4.99 Å². The first kappa shape index (κ1) is 14.8. The third-order valence-electron chi connectivity index (χ3n) is 4.22. The minimum absolute atomic E-state index is 0.253. The molecule has 0 atom stereocenters. The molecule has 22 heavy (non-hydrogen) atoms. The number of guanidine groups is 2. The quantitative estimate of drug-likeness (QED) is 0.811. The van der Waals surface area contributed by atoms with Crippen LogP contribution in [0.2, 0.25) is 0 Å². The Bertz CT molecular complexity index is 563. The third-order valence-corrected chi connectivity index (χ3v) is 4.22. The number of nitrogens with zero attached hydrogens (tertiary/aromatic N) is 3. The van der Waals surface area contributed by atoms with Crippen LogP contribution in [0, 0.1) is 0 Å². The molecule has 1 aliphatic carbocycles. The highest BCUT2D eigenvalue weighted by atomic mass is 16.7. The van der Waals surface area contributed by atoms with Crippen molar-refractivity contribution in [1.82, 2.24) is 5.06 Å². The van der Waals surface area contributed by atoms with Gasteiger partial charge in [0.25, 0.3) is 0 Å². The molecule has 6 nitrogen and oxygen atoms in total. The minimum Gasteiger partial charge on any atom is -0.368 e. The van der Waals surface area contributed by atoms with Gasteiger partial charge in [-0.05, 0) is 44.1 Å². The molecule has 0 saturated heterocycles. The van der Waals surface area contributed by atoms with E-state index in [0.717, 1.165) is 38.5 Å². The number of nitrogens with two attached hydrogens (primary N) is 2. The molecular weight excluding hydrogens is 278 g/mol. The zero-order valence-corrected chi connectivity index (χ0v) is 12.7. The molecule has 1 saturated carbocycles. The predicted octanol–water partition coefficient (Wildman–Crippen LogP) is 1.77. The molecule has 0 aromatic heterocycles. The number of rotatable bonds is 5. The number of hydrogen-bond acceptors (Lipinski definition) is 6. The lowest BCUT2D eigenvalue weighted by molar-refractivity contribution is -0.166. The van der Waals surface area contributed by atoms with E-state index >= 15 is 0 Å². The third kappa shape index (κ3) is 3.06. The van der Waals surface area contributed by atoms with Crippen molar-refractivity contribution in [2.24, 2.45) is 21.5 Å². The lowest BCUT2D eigenvalue weighted by Gasteiger charge is -2.39. The summed E-state index contributed by atoms with van der Waals surface area (Å²) < 4.78 is 0. The van der Waals surface area contributed by atoms with E-state index in [1.54, 1.807) is 5.06 Å². The van der Waals surface area contributed by atoms with E-state index in [1.165, 1.54) is 5.56 Å². The molecule has 1 aromatic rings. The molecule has 0 amide bonds. The monoisotopic (exact) mass is 301 g/mol. The van der Waals surface area contributed by atoms with Gasteiger partial charge in [0.05, 0.1) is 6.61 Å². The van der Waals surface area contributed by atoms with Crippen molar-refractivity contribution in [2.45, 2.75) is 44.2 Å². The van der Waals surface area contributed by atoms with Crippen molar-refractivity contribution < 1.29 is 4.84 Å². The van der Waals surface area contributed by atoms with Crippen molar-refractivity contribution in [3.8, 4) is 0 Å². The smallest absolute Gasteiger partial charge is 0.226 e. The van der Waals surface area contributed by atoms with Gasteiger partial charge in [-0.2, -0.15) is 10.1 Å². The van der Waals surface area contributed by atoms with Crippen molar-refractivity contribution in [1.29, 1.82) is 0 Å². The molecule has 1 fully saturated rings. The molecule has 0 bridgehead atoms. The van der Waals surface area contributed by atoms with Crippen LogP contribution >= 0.6 is 0 Å². The van der Waals surface area contributed by atoms with Crippen LogP contribution in [0.1, 0.15) is 37.7 Å². The molecule has 1 spiro atoms. The molecule has 1 heterocycles. The Morgan fingerprint density at radius 2 is 1.86 bits per heavy atom. The lowest BCUT2D eigenvalue weighted by atomic mass is 10.1. The Hall–Kier alpha value is -2.08. The average molecular weight is 301 g/mol. The second kappa shape index (κ2) is 6.36. The van der Waals surface area contributed by atoms with Crippen molar-refractivity contribution in [3.63, 3.8) is 0 Å². The van der Waals surface area contributed by atoms with E-state index in [4.69, 9.17) is 16.3 Å². The molecule has 1 aromatic carbocycles. The van der Waals surface area contributed by atoms with E-state index < -0.39 is 5.66 Å². The van der Waals surface area contributed by atoms with Crippen LogP contribution in [-0.4, -0.2) is 29.3 Å². The summed E-state index contributed by atoms with van der Waals surface area (Å²) in [6.45, 7) is 0.586. The zero-order valence-electron chi connectivity index (χ0n) is 12.7. The Kier molecular flexibility index (Phi) is 4.29. The van der Waals surface area contributed by atoms with Crippen molar-refractivity contribution in [3.05, 3.63) is 35.9 Å². The van der Waals surface area contributed by atoms with E-state index in [2.05, 4.69) is 34.3 Å². The number of hydrogen-bond donors (Lipinski definition) is 2. The average Bonchev–Trinajstić information content (AvgIpc) is 2.95. The molecule has 3 rings (SSSR count). The molecule has 6 heteroatoms. The number of aliphatic imine (C=N–C) groups is 2. The van der Waals surface area contributed by atoms with E-state index in [9.17, 15) is 0 Å². The summed E-state index contributed by atoms with van der Waals surface area (Å²) in [5, 5.41) is 1.68. The summed E-state index contributed by atoms with van der Waals surface area (Å²) in [6.07, 6.45) is 5.92. The van der Waals surface area contributed by atoms with Crippen LogP contribution < -0.4 is 11.5 Å². The first-order valence-corrected chi connectivity index (χ1v) is 7.86. The maximum absolute atomic E-state index is 6.01. The van der Waals surface area contributed by atoms with Gasteiger partial charge in [0, 0.05) is 0 Å². The number of hydroxylamine groups is 2. The van der Waals surface area contributed by atoms with Crippen LogP contribution in [0.3, 0.4) is 0 Å². The van der Waals surface area contributed by atoms with Crippen LogP contribution in [0.25, 0.3) is 0 Å². The minimum atomic E-state index is -0.442. The summed E-state index contributed by atoms with van der Waals surface area (Å²) in [7, 11) is 0. The molecule has 0 unspecified atom stereocenters. The topological polar surface area (TPSA) is 89.2 Å². The molecule has 4 N–H and O–H groups in total. The Labute approximate surface area is 130 Å². The summed E-state index contributed by atoms with van der Waals surface area (Å²) >= 11 is 0. The molecule has 0 radical (unpaired) electrons. The standard InChI is InChI=1S/C16H23N5O/c17-14-19-15(18)21(16(20-14)10-4-5-11-16)22-12-6-9-13-7-2-1-3-8-13/h1-3,7-8H,4-6,9-12H2,(H4,17,18,19,20). The van der Waals surface area contributed by atoms with Gasteiger partial charge in [-0.3, -0.25) is 4.84 Å². The first-order valence-electron chi connectivity index (χ1n) is 7.86. The van der Waals surface area contributed by atoms with Gasteiger partial charge in [-0.15, -0.1) is 0 Å². The maximum atomic E-state index is 6.01. The number of aryl methyl sites for hydroxylation is 1. The normalized spacial score (nSPS) is 20.1. The van der Waals surface area contributed by atoms with Crippen molar-refractivity contribution in [2.75, 3.05) is 6.61 Å². The van der Waals surface area contributed by atoms with E-state index in [1.807, 2.05) is 6.07 Å². The molecule has 1 aliphatic heterocycles. The van der Waals surface area contributed by atoms with Crippen LogP contribution in [0.4, 0.5) is 0 Å². The Morgan fingerprint density at radius 1 is 1.14 bits per heavy atom. The SMILES string of the molecule is NC1=NC2(CCCC2)N(OCCCc2ccccc2)C(N)=N1. The molecular formula is C16H23N5O. The Morgan fingerprint density at radius 3 is 2.59 bits per heavy atom. The predicted molar refractivity (Wildman–Crippen MR) is 87.0 cm³/mol. The fourth-order valence-electron chi connectivity index (χ4n) is 3.18. The van der Waals surface area contributed by atoms with Gasteiger partial charge in [0.15, 0.2) is 5.66 Å². The molecule has 118 valence electrons. The highest BCUT2D eigenvalue weighted by Gasteiger charge is 2.44. The summed E-state index contributed by atoms with van der Waals surface area (Å²) in [5.74, 6) is 0.567. The van der Waals surface area contributed by atoms with Gasteiger partial charge in [0.1, 0.15) is 0 Å². The van der Waals surface area contributed by atoms with Crippen LogP contribution in [0.5, 0.6) is 0 Å². The second-order valence-electron chi connectivity index (χ2n) is 5.85. The first-order chi connectivity index (χ1) is 10.7. The van der Waals surface area contributed by atoms with Gasteiger partial charge < -0.3 is 11.5 Å². The molecule has 2 aliphatic rings. The van der Waals surface area contributed by atoms with E-state index in [-0.39, 0.29) is 5.96 Å². The van der Waals surface area contributed by atoms with Gasteiger partial charge in [0.2, 0.25) is 11.9 Å². The highest BCUT2D eigenvalue weighted by molar-refractivity contribution is 5.95. The second-order valence-corrected chi connectivity index (χ2v) is 5.85. The van der Waals surface area contributed by atoms with E-state index in [0.29, 0.717) is 12.6 Å². The highest BCUT2D eigenvalue weighted by Crippen LogP contribution is 2.38. The van der Waals surface area contributed by atoms with Gasteiger partial charge >= 0.3 is 0 Å². The van der Waals surface area contributed by atoms with Crippen LogP contribution in [-0.2, 0) is 11.3 Å². The van der Waals surface area contributed by atoms with Crippen LogP contribution in [0.15, 0.2) is 40.3 Å². The number of benzene rings is 1. The fraction of sp³-hybridized carbons (Fsp3) is 0.500. The van der Waals surface area contributed by atoms with Crippen molar-refractivity contribution >= 4 is 11.9 Å². The largest absolute Gasteiger partial charge is 0.368 e.